The molecule has 6 nitrogen and oxygen atoms in total. The molecule has 1 N–H and O–H groups in total. The molecule has 8 heteroatoms. The van der Waals surface area contributed by atoms with Crippen LogP contribution < -0.4 is 10.1 Å². The number of hydrogen-bond acceptors (Lipinski definition) is 6. The number of nitrogens with one attached hydrogen (secondary N) is 1. The van der Waals surface area contributed by atoms with Crippen LogP contribution in [-0.4, -0.2) is 48.9 Å². The summed E-state index contributed by atoms with van der Waals surface area (Å²) in [6, 6.07) is 12.9. The standard InChI is InChI=1S/C21H22FNO5S/c1-29-12-11-18(23-20(25)14-27-17-5-3-2-4-6-17)21(26)28-13-19(24)15-7-9-16(22)10-8-15/h2-10,18H,11-14H2,1H3,(H,23,25)/t18-/m0/s1. The maximum Gasteiger partial charge on any atom is 0.329 e. The van der Waals surface area contributed by atoms with Crippen molar-refractivity contribution < 1.29 is 28.2 Å². The normalized spacial score (nSPS) is 11.4. The summed E-state index contributed by atoms with van der Waals surface area (Å²) in [6.45, 7) is -0.738. The number of Topliss-reactive ketones (excluding diaryl/α,β-unsaturated/α-hetero) is 1. The molecular weight excluding hydrogens is 397 g/mol. The maximum absolute atomic E-state index is 12.9. The fourth-order valence-electron chi connectivity index (χ4n) is 2.34. The van der Waals surface area contributed by atoms with Crippen LogP contribution in [0, 0.1) is 5.82 Å². The molecule has 0 aliphatic rings. The Balaban J connectivity index is 1.86. The van der Waals surface area contributed by atoms with E-state index < -0.39 is 36.1 Å². The van der Waals surface area contributed by atoms with Crippen LogP contribution in [0.3, 0.4) is 0 Å². The fraction of sp³-hybridized carbons (Fsp3) is 0.286. The van der Waals surface area contributed by atoms with Gasteiger partial charge in [-0.25, -0.2) is 9.18 Å². The van der Waals surface area contributed by atoms with E-state index in [9.17, 15) is 18.8 Å². The van der Waals surface area contributed by atoms with E-state index in [1.807, 2.05) is 12.3 Å². The molecule has 0 spiro atoms. The fourth-order valence-corrected chi connectivity index (χ4v) is 2.81. The van der Waals surface area contributed by atoms with Gasteiger partial charge in [-0.3, -0.25) is 9.59 Å². The monoisotopic (exact) mass is 419 g/mol. The largest absolute Gasteiger partial charge is 0.484 e. The number of thioether (sulfide) groups is 1. The van der Waals surface area contributed by atoms with Crippen LogP contribution in [0.4, 0.5) is 4.39 Å². The van der Waals surface area contributed by atoms with Crippen molar-refractivity contribution in [2.24, 2.45) is 0 Å². The average molecular weight is 419 g/mol. The van der Waals surface area contributed by atoms with Crippen LogP contribution in [0.15, 0.2) is 54.6 Å². The van der Waals surface area contributed by atoms with E-state index in [4.69, 9.17) is 9.47 Å². The second kappa shape index (κ2) is 11.9. The summed E-state index contributed by atoms with van der Waals surface area (Å²) < 4.78 is 23.4. The second-order valence-corrected chi connectivity index (χ2v) is 7.03. The molecule has 0 saturated heterocycles. The summed E-state index contributed by atoms with van der Waals surface area (Å²) >= 11 is 1.51. The van der Waals surface area contributed by atoms with Crippen LogP contribution in [0.25, 0.3) is 0 Å². The number of carbonyl (C=O) groups is 3. The van der Waals surface area contributed by atoms with Gasteiger partial charge in [-0.15, -0.1) is 0 Å². The summed E-state index contributed by atoms with van der Waals surface area (Å²) in [6.07, 6.45) is 2.22. The number of esters is 1. The number of para-hydroxylation sites is 1. The minimum Gasteiger partial charge on any atom is -0.484 e. The minimum atomic E-state index is -0.893. The second-order valence-electron chi connectivity index (χ2n) is 6.04. The lowest BCUT2D eigenvalue weighted by Crippen LogP contribution is -2.44. The van der Waals surface area contributed by atoms with Crippen molar-refractivity contribution in [1.82, 2.24) is 5.32 Å². The van der Waals surface area contributed by atoms with E-state index in [0.717, 1.165) is 12.1 Å². The van der Waals surface area contributed by atoms with E-state index in [0.29, 0.717) is 17.9 Å². The van der Waals surface area contributed by atoms with Gasteiger partial charge in [0.2, 0.25) is 0 Å². The Morgan fingerprint density at radius 2 is 1.72 bits per heavy atom. The zero-order chi connectivity index (χ0) is 21.1. The van der Waals surface area contributed by atoms with Crippen LogP contribution in [-0.2, 0) is 14.3 Å². The number of carbonyl (C=O) groups excluding carboxylic acids is 3. The number of rotatable bonds is 11. The molecule has 0 aliphatic heterocycles. The molecule has 0 heterocycles. The minimum absolute atomic E-state index is 0.236. The zero-order valence-corrected chi connectivity index (χ0v) is 16.7. The van der Waals surface area contributed by atoms with Crippen LogP contribution in [0.2, 0.25) is 0 Å². The first-order valence-electron chi connectivity index (χ1n) is 8.91. The topological polar surface area (TPSA) is 81.7 Å². The molecule has 2 rings (SSSR count). The number of hydrogen-bond donors (Lipinski definition) is 1. The van der Waals surface area contributed by atoms with Gasteiger partial charge in [0.15, 0.2) is 19.0 Å². The van der Waals surface area contributed by atoms with E-state index in [1.54, 1.807) is 24.3 Å². The third kappa shape index (κ3) is 7.95. The smallest absolute Gasteiger partial charge is 0.329 e. The Morgan fingerprint density at radius 1 is 1.03 bits per heavy atom. The number of ether oxygens (including phenoxy) is 2. The van der Waals surface area contributed by atoms with Crippen molar-refractivity contribution in [2.45, 2.75) is 12.5 Å². The van der Waals surface area contributed by atoms with Gasteiger partial charge in [0.1, 0.15) is 17.6 Å². The average Bonchev–Trinajstić information content (AvgIpc) is 2.74. The van der Waals surface area contributed by atoms with Crippen LogP contribution in [0.1, 0.15) is 16.8 Å². The Morgan fingerprint density at radius 3 is 2.38 bits per heavy atom. The highest BCUT2D eigenvalue weighted by Crippen LogP contribution is 2.09. The first-order valence-corrected chi connectivity index (χ1v) is 10.3. The molecule has 0 aliphatic carbocycles. The Kier molecular flexibility index (Phi) is 9.17. The summed E-state index contributed by atoms with van der Waals surface area (Å²) in [7, 11) is 0. The predicted molar refractivity (Wildman–Crippen MR) is 109 cm³/mol. The third-order valence-electron chi connectivity index (χ3n) is 3.86. The summed E-state index contributed by atoms with van der Waals surface area (Å²) in [5.41, 5.74) is 0.236. The molecule has 1 amide bonds. The molecule has 0 radical (unpaired) electrons. The molecular formula is C21H22FNO5S. The van der Waals surface area contributed by atoms with Crippen molar-refractivity contribution in [2.75, 3.05) is 25.2 Å². The van der Waals surface area contributed by atoms with Gasteiger partial charge in [0.25, 0.3) is 5.91 Å². The number of amides is 1. The summed E-state index contributed by atoms with van der Waals surface area (Å²) in [5, 5.41) is 2.58. The number of benzene rings is 2. The predicted octanol–water partition coefficient (Wildman–Crippen LogP) is 2.87. The molecule has 154 valence electrons. The molecule has 1 atom stereocenters. The van der Waals surface area contributed by atoms with Gasteiger partial charge >= 0.3 is 5.97 Å². The molecule has 29 heavy (non-hydrogen) atoms. The van der Waals surface area contributed by atoms with Crippen LogP contribution >= 0.6 is 11.8 Å². The van der Waals surface area contributed by atoms with Crippen molar-refractivity contribution in [3.8, 4) is 5.75 Å². The Bertz CT molecular complexity index is 814. The van der Waals surface area contributed by atoms with Gasteiger partial charge < -0.3 is 14.8 Å². The van der Waals surface area contributed by atoms with Crippen molar-refractivity contribution in [1.29, 1.82) is 0 Å². The zero-order valence-electron chi connectivity index (χ0n) is 15.9. The molecule has 2 aromatic rings. The van der Waals surface area contributed by atoms with E-state index in [1.165, 1.54) is 23.9 Å². The van der Waals surface area contributed by atoms with Gasteiger partial charge in [-0.05, 0) is 54.8 Å². The van der Waals surface area contributed by atoms with Crippen molar-refractivity contribution in [3.05, 3.63) is 66.0 Å². The lowest BCUT2D eigenvalue weighted by atomic mass is 10.1. The van der Waals surface area contributed by atoms with Crippen LogP contribution in [0.5, 0.6) is 5.75 Å². The quantitative estimate of drug-likeness (QED) is 0.446. The van der Waals surface area contributed by atoms with Gasteiger partial charge in [0, 0.05) is 5.56 Å². The van der Waals surface area contributed by atoms with Gasteiger partial charge in [-0.1, -0.05) is 18.2 Å². The van der Waals surface area contributed by atoms with Gasteiger partial charge in [0.05, 0.1) is 0 Å². The first kappa shape index (κ1) is 22.4. The highest BCUT2D eigenvalue weighted by Gasteiger charge is 2.23. The maximum atomic E-state index is 12.9. The molecule has 0 aromatic heterocycles. The molecule has 0 saturated carbocycles. The molecule has 2 aromatic carbocycles. The van der Waals surface area contributed by atoms with E-state index in [-0.39, 0.29) is 12.2 Å². The summed E-state index contributed by atoms with van der Waals surface area (Å²) in [4.78, 5) is 36.5. The molecule has 0 bridgehead atoms. The first-order chi connectivity index (χ1) is 14.0. The summed E-state index contributed by atoms with van der Waals surface area (Å²) in [5.74, 6) is -0.942. The van der Waals surface area contributed by atoms with E-state index in [2.05, 4.69) is 5.32 Å². The Labute approximate surface area is 172 Å². The highest BCUT2D eigenvalue weighted by atomic mass is 32.2. The number of halogens is 1. The lowest BCUT2D eigenvalue weighted by Gasteiger charge is -2.17. The third-order valence-corrected chi connectivity index (χ3v) is 4.50. The van der Waals surface area contributed by atoms with E-state index >= 15 is 0 Å². The number of ketones is 1. The SMILES string of the molecule is CSCC[C@H](NC(=O)COc1ccccc1)C(=O)OCC(=O)c1ccc(F)cc1. The van der Waals surface area contributed by atoms with Crippen molar-refractivity contribution >= 4 is 29.4 Å². The molecule has 0 fully saturated rings. The highest BCUT2D eigenvalue weighted by molar-refractivity contribution is 7.98. The molecule has 0 unspecified atom stereocenters. The Hall–Kier alpha value is -2.87. The van der Waals surface area contributed by atoms with Gasteiger partial charge in [-0.2, -0.15) is 11.8 Å². The lowest BCUT2D eigenvalue weighted by molar-refractivity contribution is -0.147. The van der Waals surface area contributed by atoms with Crippen molar-refractivity contribution in [3.63, 3.8) is 0 Å².